The first-order chi connectivity index (χ1) is 15.8. The summed E-state index contributed by atoms with van der Waals surface area (Å²) in [5.41, 5.74) is 4.42. The number of aromatic nitrogens is 1. The maximum Gasteiger partial charge on any atom is 0.380 e. The monoisotopic (exact) mass is 466 g/mol. The van der Waals surface area contributed by atoms with Crippen molar-refractivity contribution in [1.29, 1.82) is 0 Å². The fraction of sp³-hybridized carbons (Fsp3) is 0.250. The van der Waals surface area contributed by atoms with Gasteiger partial charge in [-0.05, 0) is 66.9 Å². The second-order valence-electron chi connectivity index (χ2n) is 7.87. The molecule has 33 heavy (non-hydrogen) atoms. The normalized spacial score (nSPS) is 13.3. The molecule has 1 aliphatic heterocycles. The number of nitrogens with two attached hydrogens (primary N) is 1. The zero-order chi connectivity index (χ0) is 23.4. The average molecular weight is 467 g/mol. The minimum Gasteiger partial charge on any atom is -0.371 e. The van der Waals surface area contributed by atoms with Crippen LogP contribution in [-0.4, -0.2) is 37.3 Å². The number of hydrogen-bond donors (Lipinski definition) is 1. The van der Waals surface area contributed by atoms with Gasteiger partial charge in [-0.1, -0.05) is 18.2 Å². The summed E-state index contributed by atoms with van der Waals surface area (Å²) in [4.78, 5) is 21.6. The number of nitrogens with zero attached hydrogens (tertiary/aromatic N) is 3. The summed E-state index contributed by atoms with van der Waals surface area (Å²) < 4.78 is 27.3. The van der Waals surface area contributed by atoms with Crippen LogP contribution >= 0.6 is 0 Å². The van der Waals surface area contributed by atoms with Crippen molar-refractivity contribution >= 4 is 21.9 Å². The highest BCUT2D eigenvalue weighted by atomic mass is 32.2. The van der Waals surface area contributed by atoms with E-state index in [9.17, 15) is 13.2 Å². The van der Waals surface area contributed by atoms with E-state index in [2.05, 4.69) is 16.8 Å². The molecule has 1 aromatic heterocycles. The highest BCUT2D eigenvalue weighted by molar-refractivity contribution is 7.84. The number of pyridine rings is 1. The second-order valence-corrected chi connectivity index (χ2v) is 9.02. The Hall–Kier alpha value is -3.43. The van der Waals surface area contributed by atoms with Crippen molar-refractivity contribution in [3.05, 3.63) is 89.2 Å². The number of rotatable bonds is 7. The van der Waals surface area contributed by atoms with Gasteiger partial charge in [0.2, 0.25) is 0 Å². The lowest BCUT2D eigenvalue weighted by molar-refractivity contribution is 0.0734. The number of hydrogen-bond acceptors (Lipinski definition) is 6. The minimum absolute atomic E-state index is 0.0749. The van der Waals surface area contributed by atoms with Gasteiger partial charge in [0.15, 0.2) is 0 Å². The molecule has 0 bridgehead atoms. The first-order valence-electron chi connectivity index (χ1n) is 10.7. The van der Waals surface area contributed by atoms with Crippen LogP contribution in [-0.2, 0) is 29.8 Å². The highest BCUT2D eigenvalue weighted by Gasteiger charge is 2.23. The summed E-state index contributed by atoms with van der Waals surface area (Å²) in [6.07, 6.45) is 2.45. The van der Waals surface area contributed by atoms with Gasteiger partial charge in [0.05, 0.1) is 12.2 Å². The summed E-state index contributed by atoms with van der Waals surface area (Å²) in [6, 6.07) is 18.5. The molecular weight excluding hydrogens is 440 g/mol. The van der Waals surface area contributed by atoms with Crippen LogP contribution in [0, 0.1) is 0 Å². The van der Waals surface area contributed by atoms with Crippen LogP contribution in [0.1, 0.15) is 34.1 Å². The summed E-state index contributed by atoms with van der Waals surface area (Å²) in [6.45, 7) is 4.44. The molecule has 0 saturated heterocycles. The Morgan fingerprint density at radius 1 is 1.12 bits per heavy atom. The van der Waals surface area contributed by atoms with Gasteiger partial charge in [-0.25, -0.2) is 0 Å². The van der Waals surface area contributed by atoms with Crippen LogP contribution in [0.2, 0.25) is 0 Å². The number of carbonyl (C=O) groups excluding carboxylic acids is 1. The number of anilines is 1. The van der Waals surface area contributed by atoms with Crippen molar-refractivity contribution in [3.8, 4) is 5.75 Å². The lowest BCUT2D eigenvalue weighted by Gasteiger charge is -2.30. The van der Waals surface area contributed by atoms with Gasteiger partial charge in [-0.15, -0.1) is 0 Å². The van der Waals surface area contributed by atoms with Gasteiger partial charge in [0.1, 0.15) is 5.75 Å². The molecule has 4 rings (SSSR count). The summed E-state index contributed by atoms with van der Waals surface area (Å²) >= 11 is 0. The van der Waals surface area contributed by atoms with Crippen molar-refractivity contribution in [2.45, 2.75) is 26.4 Å². The van der Waals surface area contributed by atoms with Gasteiger partial charge in [-0.2, -0.15) is 13.6 Å². The van der Waals surface area contributed by atoms with Crippen molar-refractivity contribution in [1.82, 2.24) is 9.88 Å². The molecule has 2 aromatic carbocycles. The van der Waals surface area contributed by atoms with Gasteiger partial charge >= 0.3 is 10.3 Å². The summed E-state index contributed by atoms with van der Waals surface area (Å²) in [7, 11) is -4.10. The van der Waals surface area contributed by atoms with E-state index in [1.165, 1.54) is 0 Å². The van der Waals surface area contributed by atoms with Crippen molar-refractivity contribution in [2.24, 2.45) is 5.14 Å². The molecule has 8 nitrogen and oxygen atoms in total. The molecule has 0 aliphatic carbocycles. The van der Waals surface area contributed by atoms with Crippen molar-refractivity contribution in [2.75, 3.05) is 18.0 Å². The van der Waals surface area contributed by atoms with Gasteiger partial charge < -0.3 is 14.0 Å². The topological polar surface area (TPSA) is 106 Å². The molecule has 0 saturated carbocycles. The van der Waals surface area contributed by atoms with Gasteiger partial charge in [0, 0.05) is 37.1 Å². The SMILES string of the molecule is CCN(Cc1ccccn1)c1cccc(C(=O)N2CCc3ccc(OS(N)(=O)=O)cc3C2)c1. The van der Waals surface area contributed by atoms with E-state index >= 15 is 0 Å². The zero-order valence-electron chi connectivity index (χ0n) is 18.3. The van der Waals surface area contributed by atoms with E-state index in [-0.39, 0.29) is 11.7 Å². The third kappa shape index (κ3) is 5.68. The van der Waals surface area contributed by atoms with Crippen LogP contribution in [0.5, 0.6) is 5.75 Å². The molecule has 2 N–H and O–H groups in total. The molecule has 0 fully saturated rings. The number of carbonyl (C=O) groups is 1. The smallest absolute Gasteiger partial charge is 0.371 e. The fourth-order valence-corrected chi connectivity index (χ4v) is 4.36. The van der Waals surface area contributed by atoms with E-state index in [0.29, 0.717) is 31.6 Å². The standard InChI is InChI=1S/C24H26N4O4S/c1-2-27(17-21-7-3-4-12-26-21)22-8-5-6-19(14-22)24(29)28-13-11-18-9-10-23(15-20(18)16-28)32-33(25,30)31/h3-10,12,14-15H,2,11,13,16-17H2,1H3,(H2,25,30,31). The molecule has 0 unspecified atom stereocenters. The number of fused-ring (bicyclic) bond motifs is 1. The van der Waals surface area contributed by atoms with Crippen molar-refractivity contribution < 1.29 is 17.4 Å². The Balaban J connectivity index is 1.51. The lowest BCUT2D eigenvalue weighted by Crippen LogP contribution is -2.36. The molecule has 0 spiro atoms. The largest absolute Gasteiger partial charge is 0.380 e. The van der Waals surface area contributed by atoms with Crippen LogP contribution in [0.3, 0.4) is 0 Å². The maximum atomic E-state index is 13.3. The summed E-state index contributed by atoms with van der Waals surface area (Å²) in [5.74, 6) is 0.0646. The second kappa shape index (κ2) is 9.60. The Kier molecular flexibility index (Phi) is 6.62. The van der Waals surface area contributed by atoms with Crippen LogP contribution < -0.4 is 14.2 Å². The number of amides is 1. The molecule has 172 valence electrons. The Morgan fingerprint density at radius 3 is 2.70 bits per heavy atom. The predicted molar refractivity (Wildman–Crippen MR) is 126 cm³/mol. The van der Waals surface area contributed by atoms with E-state index in [1.54, 1.807) is 23.2 Å². The molecule has 2 heterocycles. The van der Waals surface area contributed by atoms with Crippen molar-refractivity contribution in [3.63, 3.8) is 0 Å². The minimum atomic E-state index is -4.10. The molecule has 3 aromatic rings. The summed E-state index contributed by atoms with van der Waals surface area (Å²) in [5, 5.41) is 4.97. The van der Waals surface area contributed by atoms with Gasteiger partial charge in [-0.3, -0.25) is 9.78 Å². The van der Waals surface area contributed by atoms with E-state index < -0.39 is 10.3 Å². The van der Waals surface area contributed by atoms with E-state index in [0.717, 1.165) is 29.1 Å². The Labute approximate surface area is 193 Å². The van der Waals surface area contributed by atoms with Gasteiger partial charge in [0.25, 0.3) is 5.91 Å². The third-order valence-electron chi connectivity index (χ3n) is 5.61. The van der Waals surface area contributed by atoms with E-state index in [4.69, 9.17) is 9.32 Å². The molecule has 1 aliphatic rings. The van der Waals surface area contributed by atoms with Crippen LogP contribution in [0.4, 0.5) is 5.69 Å². The molecule has 1 amide bonds. The lowest BCUT2D eigenvalue weighted by atomic mass is 9.98. The maximum absolute atomic E-state index is 13.3. The first kappa shape index (κ1) is 22.8. The van der Waals surface area contributed by atoms with Crippen LogP contribution in [0.25, 0.3) is 0 Å². The Morgan fingerprint density at radius 2 is 1.97 bits per heavy atom. The molecule has 0 radical (unpaired) electrons. The fourth-order valence-electron chi connectivity index (χ4n) is 3.98. The zero-order valence-corrected chi connectivity index (χ0v) is 19.2. The highest BCUT2D eigenvalue weighted by Crippen LogP contribution is 2.26. The molecule has 0 atom stereocenters. The number of benzene rings is 2. The van der Waals surface area contributed by atoms with E-state index in [1.807, 2.05) is 48.5 Å². The Bertz CT molecular complexity index is 1250. The predicted octanol–water partition coefficient (Wildman–Crippen LogP) is 2.89. The van der Waals surface area contributed by atoms with Crippen LogP contribution in [0.15, 0.2) is 66.9 Å². The average Bonchev–Trinajstić information content (AvgIpc) is 2.81. The quantitative estimate of drug-likeness (QED) is 0.574. The molecular formula is C24H26N4O4S. The first-order valence-corrected chi connectivity index (χ1v) is 12.2. The molecule has 9 heteroatoms. The third-order valence-corrected chi connectivity index (χ3v) is 6.03.